The molecule has 1 aromatic carbocycles. The number of hydrogen-bond acceptors (Lipinski definition) is 5. The van der Waals surface area contributed by atoms with Crippen LogP contribution in [0.25, 0.3) is 21.7 Å². The van der Waals surface area contributed by atoms with Crippen molar-refractivity contribution in [1.29, 1.82) is 0 Å². The van der Waals surface area contributed by atoms with E-state index in [4.69, 9.17) is 4.52 Å². The van der Waals surface area contributed by atoms with Gasteiger partial charge in [0.05, 0.1) is 33.3 Å². The van der Waals surface area contributed by atoms with E-state index < -0.39 is 0 Å². The first-order valence-corrected chi connectivity index (χ1v) is 10.3. The fourth-order valence-corrected chi connectivity index (χ4v) is 4.65. The molecule has 0 bridgehead atoms. The van der Waals surface area contributed by atoms with E-state index in [-0.39, 0.29) is 11.9 Å². The van der Waals surface area contributed by atoms with Crippen molar-refractivity contribution in [3.05, 3.63) is 70.2 Å². The second-order valence-corrected chi connectivity index (χ2v) is 8.05. The lowest BCUT2D eigenvalue weighted by molar-refractivity contribution is 0.0934. The number of carbonyl (C=O) groups is 1. The second-order valence-electron chi connectivity index (χ2n) is 7.10. The number of aromatic nitrogens is 2. The van der Waals surface area contributed by atoms with Gasteiger partial charge >= 0.3 is 0 Å². The number of rotatable bonds is 3. The molecule has 3 aromatic heterocycles. The third-order valence-electron chi connectivity index (χ3n) is 5.31. The summed E-state index contributed by atoms with van der Waals surface area (Å²) in [6.07, 6.45) is 3.08. The van der Waals surface area contributed by atoms with Crippen molar-refractivity contribution in [3.8, 4) is 10.6 Å². The van der Waals surface area contributed by atoms with E-state index in [1.807, 2.05) is 36.6 Å². The average molecular weight is 389 g/mol. The Bertz CT molecular complexity index is 1160. The van der Waals surface area contributed by atoms with E-state index >= 15 is 0 Å². The van der Waals surface area contributed by atoms with Crippen LogP contribution in [0.5, 0.6) is 0 Å². The number of benzene rings is 1. The van der Waals surface area contributed by atoms with E-state index in [2.05, 4.69) is 33.7 Å². The van der Waals surface area contributed by atoms with E-state index in [0.29, 0.717) is 22.4 Å². The maximum absolute atomic E-state index is 13.3. The third kappa shape index (κ3) is 2.90. The molecule has 0 aliphatic heterocycles. The molecule has 0 radical (unpaired) electrons. The summed E-state index contributed by atoms with van der Waals surface area (Å²) in [5, 5.41) is 9.94. The molecule has 5 rings (SSSR count). The molecule has 1 aliphatic rings. The van der Waals surface area contributed by atoms with E-state index in [1.54, 1.807) is 11.3 Å². The van der Waals surface area contributed by atoms with E-state index in [0.717, 1.165) is 29.8 Å². The van der Waals surface area contributed by atoms with Gasteiger partial charge in [0.25, 0.3) is 11.6 Å². The smallest absolute Gasteiger partial charge is 0.259 e. The zero-order chi connectivity index (χ0) is 19.1. The molecule has 0 saturated carbocycles. The highest BCUT2D eigenvalue weighted by molar-refractivity contribution is 7.13. The van der Waals surface area contributed by atoms with Crippen LogP contribution in [0.1, 0.15) is 46.1 Å². The third-order valence-corrected chi connectivity index (χ3v) is 6.20. The normalized spacial score (nSPS) is 16.1. The van der Waals surface area contributed by atoms with Gasteiger partial charge in [-0.1, -0.05) is 35.5 Å². The van der Waals surface area contributed by atoms with Gasteiger partial charge in [0.1, 0.15) is 0 Å². The summed E-state index contributed by atoms with van der Waals surface area (Å²) in [4.78, 5) is 18.9. The summed E-state index contributed by atoms with van der Waals surface area (Å²) in [5.41, 5.74) is 4.90. The fourth-order valence-electron chi connectivity index (χ4n) is 3.96. The molecule has 28 heavy (non-hydrogen) atoms. The van der Waals surface area contributed by atoms with Crippen LogP contribution in [0.4, 0.5) is 0 Å². The van der Waals surface area contributed by atoms with Crippen LogP contribution in [-0.2, 0) is 6.42 Å². The quantitative estimate of drug-likeness (QED) is 0.531. The Balaban J connectivity index is 1.55. The minimum atomic E-state index is -0.113. The van der Waals surface area contributed by atoms with Crippen molar-refractivity contribution >= 4 is 28.3 Å². The van der Waals surface area contributed by atoms with Gasteiger partial charge in [-0.2, -0.15) is 0 Å². The topological polar surface area (TPSA) is 68.0 Å². The maximum atomic E-state index is 13.3. The zero-order valence-corrected chi connectivity index (χ0v) is 16.3. The minimum absolute atomic E-state index is 0.0195. The molecule has 6 heteroatoms. The van der Waals surface area contributed by atoms with Gasteiger partial charge < -0.3 is 9.84 Å². The SMILES string of the molecule is Cc1noc2nc(-c3cccs3)cc(C(=O)NC3CCCc4ccccc43)c12. The van der Waals surface area contributed by atoms with Gasteiger partial charge in [-0.25, -0.2) is 4.98 Å². The van der Waals surface area contributed by atoms with Crippen LogP contribution >= 0.6 is 11.3 Å². The van der Waals surface area contributed by atoms with Gasteiger partial charge in [0.2, 0.25) is 0 Å². The highest BCUT2D eigenvalue weighted by Gasteiger charge is 2.25. The van der Waals surface area contributed by atoms with Gasteiger partial charge in [-0.05, 0) is 54.8 Å². The number of fused-ring (bicyclic) bond motifs is 2. The Morgan fingerprint density at radius 2 is 2.14 bits per heavy atom. The van der Waals surface area contributed by atoms with E-state index in [1.165, 1.54) is 11.1 Å². The predicted molar refractivity (Wildman–Crippen MR) is 109 cm³/mol. The number of nitrogens with one attached hydrogen (secondary N) is 1. The second kappa shape index (κ2) is 6.87. The van der Waals surface area contributed by atoms with Crippen molar-refractivity contribution in [1.82, 2.24) is 15.5 Å². The lowest BCUT2D eigenvalue weighted by Crippen LogP contribution is -2.31. The minimum Gasteiger partial charge on any atom is -0.345 e. The monoisotopic (exact) mass is 389 g/mol. The van der Waals surface area contributed by atoms with Crippen molar-refractivity contribution in [2.24, 2.45) is 0 Å². The molecule has 1 unspecified atom stereocenters. The summed E-state index contributed by atoms with van der Waals surface area (Å²) >= 11 is 1.58. The van der Waals surface area contributed by atoms with E-state index in [9.17, 15) is 4.79 Å². The summed E-state index contributed by atoms with van der Waals surface area (Å²) in [7, 11) is 0. The van der Waals surface area contributed by atoms with Crippen LogP contribution in [0.2, 0.25) is 0 Å². The van der Waals surface area contributed by atoms with Gasteiger partial charge in [0, 0.05) is 0 Å². The van der Waals surface area contributed by atoms with Crippen LogP contribution in [-0.4, -0.2) is 16.0 Å². The maximum Gasteiger partial charge on any atom is 0.259 e. The molecule has 1 amide bonds. The van der Waals surface area contributed by atoms with Crippen molar-refractivity contribution in [3.63, 3.8) is 0 Å². The number of aryl methyl sites for hydroxylation is 2. The number of hydrogen-bond donors (Lipinski definition) is 1. The number of amides is 1. The molecule has 3 heterocycles. The Kier molecular flexibility index (Phi) is 4.20. The molecule has 4 aromatic rings. The van der Waals surface area contributed by atoms with Crippen LogP contribution < -0.4 is 5.32 Å². The molecule has 0 fully saturated rings. The first kappa shape index (κ1) is 17.1. The number of thiophene rings is 1. The molecular weight excluding hydrogens is 370 g/mol. The first-order valence-electron chi connectivity index (χ1n) is 9.40. The van der Waals surface area contributed by atoms with Gasteiger partial charge in [-0.3, -0.25) is 4.79 Å². The fraction of sp³-hybridized carbons (Fsp3) is 0.227. The van der Waals surface area contributed by atoms with Crippen molar-refractivity contribution in [2.45, 2.75) is 32.2 Å². The predicted octanol–water partition coefficient (Wildman–Crippen LogP) is 5.07. The Hall–Kier alpha value is -2.99. The molecule has 1 aliphatic carbocycles. The van der Waals surface area contributed by atoms with Crippen molar-refractivity contribution in [2.75, 3.05) is 0 Å². The Labute approximate surface area is 166 Å². The molecule has 1 atom stereocenters. The Morgan fingerprint density at radius 1 is 1.25 bits per heavy atom. The van der Waals surface area contributed by atoms with Crippen LogP contribution in [0.3, 0.4) is 0 Å². The molecule has 0 saturated heterocycles. The molecular formula is C22H19N3O2S. The molecule has 1 N–H and O–H groups in total. The summed E-state index contributed by atoms with van der Waals surface area (Å²) in [5.74, 6) is -0.113. The lowest BCUT2D eigenvalue weighted by atomic mass is 9.87. The Morgan fingerprint density at radius 3 is 3.00 bits per heavy atom. The lowest BCUT2D eigenvalue weighted by Gasteiger charge is -2.26. The van der Waals surface area contributed by atoms with Crippen LogP contribution in [0.15, 0.2) is 52.4 Å². The molecule has 140 valence electrons. The van der Waals surface area contributed by atoms with Crippen molar-refractivity contribution < 1.29 is 9.32 Å². The first-order chi connectivity index (χ1) is 13.7. The summed E-state index contributed by atoms with van der Waals surface area (Å²) in [6, 6.07) is 14.2. The highest BCUT2D eigenvalue weighted by Crippen LogP contribution is 2.32. The largest absolute Gasteiger partial charge is 0.345 e. The number of nitrogens with zero attached hydrogens (tertiary/aromatic N) is 2. The summed E-state index contributed by atoms with van der Waals surface area (Å²) < 4.78 is 5.39. The van der Waals surface area contributed by atoms with Gasteiger partial charge in [-0.15, -0.1) is 11.3 Å². The molecule has 5 nitrogen and oxygen atoms in total. The van der Waals surface area contributed by atoms with Gasteiger partial charge in [0.15, 0.2) is 0 Å². The highest BCUT2D eigenvalue weighted by atomic mass is 32.1. The standard InChI is InChI=1S/C22H19N3O2S/c1-13-20-16(12-18(19-10-5-11-28-19)24-22(20)27-25-13)21(26)23-17-9-4-7-14-6-2-3-8-15(14)17/h2-3,5-6,8,10-12,17H,4,7,9H2,1H3,(H,23,26). The number of pyridine rings is 1. The zero-order valence-electron chi connectivity index (χ0n) is 15.4. The molecule has 0 spiro atoms. The number of carbonyl (C=O) groups excluding carboxylic acids is 1. The summed E-state index contributed by atoms with van der Waals surface area (Å²) in [6.45, 7) is 1.84. The van der Waals surface area contributed by atoms with Crippen LogP contribution in [0, 0.1) is 6.92 Å². The average Bonchev–Trinajstić information content (AvgIpc) is 3.38.